The van der Waals surface area contributed by atoms with Crippen molar-refractivity contribution in [2.24, 2.45) is 0 Å². The minimum atomic E-state index is -1.84. The van der Waals surface area contributed by atoms with Crippen molar-refractivity contribution in [2.75, 3.05) is 0 Å². The highest BCUT2D eigenvalue weighted by molar-refractivity contribution is 8.14. The van der Waals surface area contributed by atoms with Crippen LogP contribution in [-0.4, -0.2) is 43.5 Å². The number of benzene rings is 2. The molecule has 10 heteroatoms. The standard InChI is InChI=1S/C19H16N2O7S/c22-15-10-16(29-19(25)13-4-2-1-3-5-13)20(15)17(23)18(24)28-11-12-6-8-14(9-7-12)21(26)27/h1-9,16-17,23H,10-11H2/t16-,17?/m1/s1. The van der Waals surface area contributed by atoms with Crippen molar-refractivity contribution >= 4 is 34.4 Å². The number of amides is 1. The molecule has 0 saturated carbocycles. The first-order valence-electron chi connectivity index (χ1n) is 8.52. The van der Waals surface area contributed by atoms with Crippen LogP contribution in [0.2, 0.25) is 0 Å². The van der Waals surface area contributed by atoms with Crippen molar-refractivity contribution in [2.45, 2.75) is 24.6 Å². The number of likely N-dealkylation sites (tertiary alicyclic amines) is 1. The van der Waals surface area contributed by atoms with Gasteiger partial charge in [-0.25, -0.2) is 4.79 Å². The molecule has 0 bridgehead atoms. The number of nitrogens with zero attached hydrogens (tertiary/aromatic N) is 2. The van der Waals surface area contributed by atoms with Gasteiger partial charge in [0.15, 0.2) is 0 Å². The predicted molar refractivity (Wildman–Crippen MR) is 103 cm³/mol. The first kappa shape index (κ1) is 20.5. The zero-order valence-corrected chi connectivity index (χ0v) is 15.8. The zero-order valence-electron chi connectivity index (χ0n) is 15.0. The van der Waals surface area contributed by atoms with E-state index < -0.39 is 28.4 Å². The third kappa shape index (κ3) is 4.79. The van der Waals surface area contributed by atoms with Gasteiger partial charge in [-0.1, -0.05) is 42.1 Å². The molecule has 29 heavy (non-hydrogen) atoms. The average Bonchev–Trinajstić information content (AvgIpc) is 2.72. The van der Waals surface area contributed by atoms with E-state index in [2.05, 4.69) is 0 Å². The molecule has 2 atom stereocenters. The van der Waals surface area contributed by atoms with E-state index in [0.717, 1.165) is 16.7 Å². The molecule has 1 fully saturated rings. The van der Waals surface area contributed by atoms with Crippen molar-refractivity contribution in [1.82, 2.24) is 4.90 Å². The summed E-state index contributed by atoms with van der Waals surface area (Å²) in [6, 6.07) is 13.8. The second-order valence-electron chi connectivity index (χ2n) is 6.14. The lowest BCUT2D eigenvalue weighted by molar-refractivity contribution is -0.384. The fraction of sp³-hybridized carbons (Fsp3) is 0.211. The number of hydrogen-bond acceptors (Lipinski definition) is 8. The summed E-state index contributed by atoms with van der Waals surface area (Å²) in [6.45, 7) is -0.226. The fourth-order valence-corrected chi connectivity index (χ4v) is 3.71. The molecule has 0 aromatic heterocycles. The molecule has 1 aliphatic heterocycles. The van der Waals surface area contributed by atoms with E-state index in [0.29, 0.717) is 11.1 Å². The number of β-lactam (4-membered cyclic amide) rings is 1. The number of rotatable bonds is 7. The van der Waals surface area contributed by atoms with Crippen LogP contribution in [-0.2, 0) is 20.9 Å². The van der Waals surface area contributed by atoms with Crippen LogP contribution in [0.25, 0.3) is 0 Å². The average molecular weight is 416 g/mol. The summed E-state index contributed by atoms with van der Waals surface area (Å²) in [6.07, 6.45) is -1.81. The molecule has 1 aliphatic rings. The lowest BCUT2D eigenvalue weighted by Crippen LogP contribution is -2.59. The Kier molecular flexibility index (Phi) is 6.25. The number of nitro groups is 1. The van der Waals surface area contributed by atoms with Gasteiger partial charge < -0.3 is 9.84 Å². The van der Waals surface area contributed by atoms with E-state index in [4.69, 9.17) is 4.74 Å². The quantitative estimate of drug-likeness (QED) is 0.315. The SMILES string of the molecule is O=C(S[C@@H]1CC(=O)N1C(O)C(=O)OCc1ccc([N+](=O)[O-])cc1)c1ccccc1. The van der Waals surface area contributed by atoms with Crippen LogP contribution >= 0.6 is 11.8 Å². The van der Waals surface area contributed by atoms with Gasteiger partial charge in [-0.05, 0) is 17.7 Å². The first-order valence-corrected chi connectivity index (χ1v) is 9.40. The van der Waals surface area contributed by atoms with E-state index in [-0.39, 0.29) is 23.8 Å². The molecule has 1 unspecified atom stereocenters. The van der Waals surface area contributed by atoms with Crippen LogP contribution in [0, 0.1) is 10.1 Å². The Balaban J connectivity index is 1.55. The molecule has 1 heterocycles. The smallest absolute Gasteiger partial charge is 0.356 e. The molecule has 0 aliphatic carbocycles. The molecule has 0 spiro atoms. The Bertz CT molecular complexity index is 933. The van der Waals surface area contributed by atoms with Crippen LogP contribution in [0.4, 0.5) is 5.69 Å². The predicted octanol–water partition coefficient (Wildman–Crippen LogP) is 2.09. The van der Waals surface area contributed by atoms with E-state index in [1.54, 1.807) is 30.3 Å². The molecular formula is C19H16N2O7S. The van der Waals surface area contributed by atoms with E-state index >= 15 is 0 Å². The molecule has 2 aromatic carbocycles. The van der Waals surface area contributed by atoms with Gasteiger partial charge in [-0.15, -0.1) is 0 Å². The Hall–Kier alpha value is -3.24. The Morgan fingerprint density at radius 1 is 1.21 bits per heavy atom. The third-order valence-electron chi connectivity index (χ3n) is 4.20. The normalized spacial score (nSPS) is 16.7. The van der Waals surface area contributed by atoms with Crippen molar-refractivity contribution in [3.8, 4) is 0 Å². The molecule has 9 nitrogen and oxygen atoms in total. The van der Waals surface area contributed by atoms with E-state index in [9.17, 15) is 29.6 Å². The summed E-state index contributed by atoms with van der Waals surface area (Å²) < 4.78 is 4.99. The van der Waals surface area contributed by atoms with Crippen molar-refractivity contribution < 1.29 is 29.2 Å². The van der Waals surface area contributed by atoms with Crippen LogP contribution in [0.3, 0.4) is 0 Å². The van der Waals surface area contributed by atoms with Crippen molar-refractivity contribution in [3.05, 3.63) is 75.8 Å². The lowest BCUT2D eigenvalue weighted by atomic mass is 10.2. The van der Waals surface area contributed by atoms with Gasteiger partial charge in [0, 0.05) is 17.7 Å². The number of nitro benzene ring substituents is 1. The minimum Gasteiger partial charge on any atom is -0.457 e. The largest absolute Gasteiger partial charge is 0.457 e. The maximum absolute atomic E-state index is 12.3. The second-order valence-corrected chi connectivity index (χ2v) is 7.29. The fourth-order valence-electron chi connectivity index (χ4n) is 2.62. The number of ether oxygens (including phenoxy) is 1. The van der Waals surface area contributed by atoms with Gasteiger partial charge in [0.2, 0.25) is 17.3 Å². The van der Waals surface area contributed by atoms with Crippen LogP contribution in [0.1, 0.15) is 22.3 Å². The van der Waals surface area contributed by atoms with Crippen LogP contribution < -0.4 is 0 Å². The highest BCUT2D eigenvalue weighted by Gasteiger charge is 2.45. The van der Waals surface area contributed by atoms with Gasteiger partial charge in [-0.3, -0.25) is 24.6 Å². The number of carbonyl (C=O) groups excluding carboxylic acids is 3. The number of carbonyl (C=O) groups is 3. The highest BCUT2D eigenvalue weighted by Crippen LogP contribution is 2.33. The minimum absolute atomic E-state index is 0.0237. The number of aliphatic hydroxyl groups excluding tert-OH is 1. The van der Waals surface area contributed by atoms with Crippen LogP contribution in [0.15, 0.2) is 54.6 Å². The number of esters is 1. The Morgan fingerprint density at radius 3 is 2.45 bits per heavy atom. The molecule has 1 N–H and O–H groups in total. The first-order chi connectivity index (χ1) is 13.9. The number of thioether (sulfide) groups is 1. The molecular weight excluding hydrogens is 400 g/mol. The van der Waals surface area contributed by atoms with Crippen molar-refractivity contribution in [3.63, 3.8) is 0 Å². The Labute approximate surface area is 169 Å². The summed E-state index contributed by atoms with van der Waals surface area (Å²) in [5.74, 6) is -1.52. The second kappa shape index (κ2) is 8.84. The number of non-ortho nitro benzene ring substituents is 1. The number of hydrogen-bond donors (Lipinski definition) is 1. The van der Waals surface area contributed by atoms with E-state index in [1.807, 2.05) is 0 Å². The highest BCUT2D eigenvalue weighted by atomic mass is 32.2. The molecule has 3 rings (SSSR count). The summed E-state index contributed by atoms with van der Waals surface area (Å²) in [4.78, 5) is 47.2. The summed E-state index contributed by atoms with van der Waals surface area (Å²) in [5.41, 5.74) is 0.831. The molecule has 1 saturated heterocycles. The van der Waals surface area contributed by atoms with Crippen LogP contribution in [0.5, 0.6) is 0 Å². The zero-order chi connectivity index (χ0) is 21.0. The Morgan fingerprint density at radius 2 is 1.86 bits per heavy atom. The van der Waals surface area contributed by atoms with E-state index in [1.165, 1.54) is 24.3 Å². The summed E-state index contributed by atoms with van der Waals surface area (Å²) in [7, 11) is 0. The lowest BCUT2D eigenvalue weighted by Gasteiger charge is -2.41. The van der Waals surface area contributed by atoms with Gasteiger partial charge >= 0.3 is 5.97 Å². The molecule has 1 amide bonds. The maximum atomic E-state index is 12.3. The van der Waals surface area contributed by atoms with Crippen molar-refractivity contribution in [1.29, 1.82) is 0 Å². The summed E-state index contributed by atoms with van der Waals surface area (Å²) >= 11 is 0.850. The van der Waals surface area contributed by atoms with Gasteiger partial charge in [0.05, 0.1) is 16.7 Å². The van der Waals surface area contributed by atoms with Gasteiger partial charge in [0.1, 0.15) is 6.61 Å². The molecule has 0 radical (unpaired) electrons. The molecule has 2 aromatic rings. The maximum Gasteiger partial charge on any atom is 0.356 e. The van der Waals surface area contributed by atoms with Gasteiger partial charge in [0.25, 0.3) is 5.69 Å². The monoisotopic (exact) mass is 416 g/mol. The number of aliphatic hydroxyl groups is 1. The topological polar surface area (TPSA) is 127 Å². The third-order valence-corrected chi connectivity index (χ3v) is 5.32. The van der Waals surface area contributed by atoms with Gasteiger partial charge in [-0.2, -0.15) is 0 Å². The summed E-state index contributed by atoms with van der Waals surface area (Å²) in [5, 5.41) is 19.9. The molecule has 150 valence electrons.